The van der Waals surface area contributed by atoms with Gasteiger partial charge < -0.3 is 5.32 Å². The first kappa shape index (κ1) is 11.5. The van der Waals surface area contributed by atoms with E-state index in [1.807, 2.05) is 5.32 Å². The number of alkyl halides is 3. The highest BCUT2D eigenvalue weighted by Gasteiger charge is 2.36. The van der Waals surface area contributed by atoms with Gasteiger partial charge in [-0.1, -0.05) is 6.07 Å². The molecule has 0 atom stereocenters. The van der Waals surface area contributed by atoms with E-state index in [-0.39, 0.29) is 0 Å². The number of rotatable bonds is 1. The minimum atomic E-state index is -4.75. The molecule has 2 nitrogen and oxygen atoms in total. The van der Waals surface area contributed by atoms with Gasteiger partial charge in [-0.05, 0) is 12.1 Å². The highest BCUT2D eigenvalue weighted by molar-refractivity contribution is 5.95. The Morgan fingerprint density at radius 2 is 1.93 bits per heavy atom. The molecule has 1 amide bonds. The van der Waals surface area contributed by atoms with Crippen molar-refractivity contribution < 1.29 is 22.4 Å². The largest absolute Gasteiger partial charge is 0.417 e. The molecule has 0 radical (unpaired) electrons. The minimum Gasteiger partial charge on any atom is -0.355 e. The number of halogens is 4. The van der Waals surface area contributed by atoms with Gasteiger partial charge in [0.05, 0.1) is 11.1 Å². The van der Waals surface area contributed by atoms with Crippen molar-refractivity contribution in [2.24, 2.45) is 0 Å². The molecule has 15 heavy (non-hydrogen) atoms. The lowest BCUT2D eigenvalue weighted by Crippen LogP contribution is -2.24. The van der Waals surface area contributed by atoms with Gasteiger partial charge in [0.1, 0.15) is 5.82 Å². The van der Waals surface area contributed by atoms with Crippen LogP contribution in [0.1, 0.15) is 15.9 Å². The number of benzene rings is 1. The maximum Gasteiger partial charge on any atom is 0.417 e. The minimum absolute atomic E-state index is 0.660. The van der Waals surface area contributed by atoms with Crippen molar-refractivity contribution in [1.29, 1.82) is 0 Å². The number of carbonyl (C=O) groups is 1. The molecule has 0 saturated carbocycles. The van der Waals surface area contributed by atoms with Gasteiger partial charge >= 0.3 is 6.18 Å². The Balaban J connectivity index is 3.40. The third-order valence-corrected chi connectivity index (χ3v) is 1.77. The number of hydrogen-bond donors (Lipinski definition) is 1. The molecule has 0 heterocycles. The molecule has 1 aromatic rings. The highest BCUT2D eigenvalue weighted by atomic mass is 19.4. The predicted octanol–water partition coefficient (Wildman–Crippen LogP) is 2.20. The second-order valence-corrected chi connectivity index (χ2v) is 2.74. The van der Waals surface area contributed by atoms with Crippen LogP contribution in [-0.4, -0.2) is 13.0 Å². The number of nitrogens with one attached hydrogen (secondary N) is 1. The second-order valence-electron chi connectivity index (χ2n) is 2.74. The van der Waals surface area contributed by atoms with Gasteiger partial charge in [0.15, 0.2) is 0 Å². The molecular weight excluding hydrogens is 214 g/mol. The highest BCUT2D eigenvalue weighted by Crippen LogP contribution is 2.32. The summed E-state index contributed by atoms with van der Waals surface area (Å²) in [5.41, 5.74) is -2.26. The predicted molar refractivity (Wildman–Crippen MR) is 44.8 cm³/mol. The molecule has 1 aromatic carbocycles. The smallest absolute Gasteiger partial charge is 0.355 e. The zero-order valence-electron chi connectivity index (χ0n) is 7.65. The Hall–Kier alpha value is -1.59. The Kier molecular flexibility index (Phi) is 2.97. The van der Waals surface area contributed by atoms with E-state index in [1.165, 1.54) is 0 Å². The van der Waals surface area contributed by atoms with Crippen LogP contribution in [0.5, 0.6) is 0 Å². The van der Waals surface area contributed by atoms with E-state index < -0.39 is 29.0 Å². The number of carbonyl (C=O) groups excluding carboxylic acids is 1. The van der Waals surface area contributed by atoms with Crippen LogP contribution in [0.4, 0.5) is 17.6 Å². The van der Waals surface area contributed by atoms with E-state index in [1.54, 1.807) is 0 Å². The normalized spacial score (nSPS) is 11.3. The summed E-state index contributed by atoms with van der Waals surface area (Å²) in [6, 6.07) is 2.37. The standard InChI is InChI=1S/C9H7F4NO/c1-14-8(15)7-5(9(11,12)13)3-2-4-6(7)10/h2-4H,1H3,(H,14,15). The summed E-state index contributed by atoms with van der Waals surface area (Å²) < 4.78 is 50.2. The topological polar surface area (TPSA) is 29.1 Å². The summed E-state index contributed by atoms with van der Waals surface area (Å²) in [6.07, 6.45) is -4.75. The van der Waals surface area contributed by atoms with E-state index in [0.29, 0.717) is 6.07 Å². The molecule has 0 aliphatic rings. The monoisotopic (exact) mass is 221 g/mol. The van der Waals surface area contributed by atoms with Crippen molar-refractivity contribution >= 4 is 5.91 Å². The maximum absolute atomic E-state index is 13.1. The molecule has 0 unspecified atom stereocenters. The lowest BCUT2D eigenvalue weighted by Gasteiger charge is -2.11. The zero-order valence-corrected chi connectivity index (χ0v) is 7.65. The summed E-state index contributed by atoms with van der Waals surface area (Å²) in [6.45, 7) is 0. The maximum atomic E-state index is 13.1. The molecule has 0 bridgehead atoms. The van der Waals surface area contributed by atoms with Crippen LogP contribution in [0.15, 0.2) is 18.2 Å². The Morgan fingerprint density at radius 3 is 2.40 bits per heavy atom. The van der Waals surface area contributed by atoms with Gasteiger partial charge in [-0.3, -0.25) is 4.79 Å². The van der Waals surface area contributed by atoms with Crippen LogP contribution in [0.2, 0.25) is 0 Å². The molecule has 0 aliphatic carbocycles. The first-order chi connectivity index (χ1) is 6.88. The molecule has 6 heteroatoms. The fraction of sp³-hybridized carbons (Fsp3) is 0.222. The quantitative estimate of drug-likeness (QED) is 0.723. The Morgan fingerprint density at radius 1 is 1.33 bits per heavy atom. The van der Waals surface area contributed by atoms with E-state index in [2.05, 4.69) is 0 Å². The van der Waals surface area contributed by atoms with Gasteiger partial charge in [0, 0.05) is 7.05 Å². The number of hydrogen-bond acceptors (Lipinski definition) is 1. The van der Waals surface area contributed by atoms with Crippen molar-refractivity contribution in [2.45, 2.75) is 6.18 Å². The van der Waals surface area contributed by atoms with Crippen molar-refractivity contribution in [2.75, 3.05) is 7.05 Å². The zero-order chi connectivity index (χ0) is 11.6. The molecule has 0 spiro atoms. The van der Waals surface area contributed by atoms with E-state index in [4.69, 9.17) is 0 Å². The van der Waals surface area contributed by atoms with Crippen molar-refractivity contribution in [1.82, 2.24) is 5.32 Å². The van der Waals surface area contributed by atoms with Gasteiger partial charge in [-0.15, -0.1) is 0 Å². The van der Waals surface area contributed by atoms with E-state index in [9.17, 15) is 22.4 Å². The summed E-state index contributed by atoms with van der Waals surface area (Å²) >= 11 is 0. The fourth-order valence-corrected chi connectivity index (χ4v) is 1.12. The van der Waals surface area contributed by atoms with Crippen LogP contribution in [-0.2, 0) is 6.18 Å². The molecular formula is C9H7F4NO. The average Bonchev–Trinajstić information content (AvgIpc) is 2.15. The van der Waals surface area contributed by atoms with E-state index >= 15 is 0 Å². The van der Waals surface area contributed by atoms with E-state index in [0.717, 1.165) is 19.2 Å². The lowest BCUT2D eigenvalue weighted by molar-refractivity contribution is -0.138. The van der Waals surface area contributed by atoms with Crippen LogP contribution in [0, 0.1) is 5.82 Å². The van der Waals surface area contributed by atoms with Gasteiger partial charge in [0.25, 0.3) is 5.91 Å². The average molecular weight is 221 g/mol. The summed E-state index contributed by atoms with van der Waals surface area (Å²) in [5, 5.41) is 1.96. The van der Waals surface area contributed by atoms with Crippen molar-refractivity contribution in [3.63, 3.8) is 0 Å². The summed E-state index contributed by atoms with van der Waals surface area (Å²) in [4.78, 5) is 11.1. The fourth-order valence-electron chi connectivity index (χ4n) is 1.12. The first-order valence-electron chi connectivity index (χ1n) is 3.95. The molecule has 82 valence electrons. The third-order valence-electron chi connectivity index (χ3n) is 1.77. The van der Waals surface area contributed by atoms with Crippen LogP contribution in [0.3, 0.4) is 0 Å². The first-order valence-corrected chi connectivity index (χ1v) is 3.95. The van der Waals surface area contributed by atoms with Gasteiger partial charge in [-0.2, -0.15) is 13.2 Å². The molecule has 0 aromatic heterocycles. The van der Waals surface area contributed by atoms with Crippen LogP contribution in [0.25, 0.3) is 0 Å². The molecule has 0 aliphatic heterocycles. The summed E-state index contributed by atoms with van der Waals surface area (Å²) in [7, 11) is 1.13. The molecule has 0 fully saturated rings. The van der Waals surface area contributed by atoms with Crippen LogP contribution < -0.4 is 5.32 Å². The van der Waals surface area contributed by atoms with Crippen LogP contribution >= 0.6 is 0 Å². The summed E-state index contributed by atoms with van der Waals surface area (Å²) in [5.74, 6) is -2.29. The lowest BCUT2D eigenvalue weighted by atomic mass is 10.1. The molecule has 0 saturated heterocycles. The molecule has 1 rings (SSSR count). The Bertz CT molecular complexity index is 386. The Labute approximate surface area is 82.9 Å². The number of amides is 1. The van der Waals surface area contributed by atoms with Crippen molar-refractivity contribution in [3.05, 3.63) is 35.1 Å². The third kappa shape index (κ3) is 2.26. The van der Waals surface area contributed by atoms with Gasteiger partial charge in [-0.25, -0.2) is 4.39 Å². The van der Waals surface area contributed by atoms with Crippen molar-refractivity contribution in [3.8, 4) is 0 Å². The SMILES string of the molecule is CNC(=O)c1c(F)cccc1C(F)(F)F. The second kappa shape index (κ2) is 3.88. The molecule has 1 N–H and O–H groups in total. The van der Waals surface area contributed by atoms with Gasteiger partial charge in [0.2, 0.25) is 0 Å².